The summed E-state index contributed by atoms with van der Waals surface area (Å²) in [6.45, 7) is 12.2. The van der Waals surface area contributed by atoms with Crippen molar-refractivity contribution < 1.29 is 17.4 Å². The standard InChI is InChI=1S/C56H49N3O/c1-55(2,3)45-35-48(53(60)49(36-45)56(4,5)6)54-58-52-47(23-16-24-51(52)59(54)46-27-25-40(26-28-46)37-17-10-7-11-18-37)43-31-42(39-21-14-9-15-22-39)32-44(33-43)50-34-41(29-30-57-50)38-19-12-8-13-20-38/h7-36,60H,1-6H3/i7D,10D,11D,17D,18D,25D,26D,27D,28D. The largest absolute Gasteiger partial charge is 0.507 e. The van der Waals surface area contributed by atoms with Crippen LogP contribution in [0.1, 0.15) is 65.0 Å². The van der Waals surface area contributed by atoms with Gasteiger partial charge in [0.15, 0.2) is 0 Å². The second-order valence-corrected chi connectivity index (χ2v) is 17.0. The highest BCUT2D eigenvalue weighted by Gasteiger charge is 2.28. The molecule has 0 unspecified atom stereocenters. The Kier molecular flexibility index (Phi) is 7.44. The molecule has 0 saturated carbocycles. The summed E-state index contributed by atoms with van der Waals surface area (Å²) in [5.74, 6) is 0.0944. The Balaban J connectivity index is 1.38. The first-order chi connectivity index (χ1) is 32.7. The number of fused-ring (bicyclic) bond motifs is 1. The Hall–Kier alpha value is -7.04. The van der Waals surface area contributed by atoms with Crippen LogP contribution in [0.4, 0.5) is 0 Å². The maximum Gasteiger partial charge on any atom is 0.149 e. The third kappa shape index (κ3) is 7.42. The van der Waals surface area contributed by atoms with Crippen LogP contribution >= 0.6 is 0 Å². The van der Waals surface area contributed by atoms with Gasteiger partial charge in [-0.3, -0.25) is 9.55 Å². The Morgan fingerprint density at radius 1 is 0.517 bits per heavy atom. The van der Waals surface area contributed by atoms with Crippen molar-refractivity contribution >= 4 is 11.0 Å². The fraction of sp³-hybridized carbons (Fsp3) is 0.143. The molecule has 2 aromatic heterocycles. The molecule has 0 aliphatic heterocycles. The molecule has 60 heavy (non-hydrogen) atoms. The molecule has 2 heterocycles. The summed E-state index contributed by atoms with van der Waals surface area (Å²) >= 11 is 0. The highest BCUT2D eigenvalue weighted by Crippen LogP contribution is 2.45. The predicted molar refractivity (Wildman–Crippen MR) is 251 cm³/mol. The minimum absolute atomic E-state index is 0.0580. The number of benzene rings is 7. The molecule has 0 saturated heterocycles. The maximum atomic E-state index is 12.4. The summed E-state index contributed by atoms with van der Waals surface area (Å²) < 4.78 is 81.9. The number of para-hydroxylation sites is 1. The molecule has 0 radical (unpaired) electrons. The molecule has 4 heteroatoms. The van der Waals surface area contributed by atoms with Gasteiger partial charge in [-0.1, -0.05) is 163 Å². The van der Waals surface area contributed by atoms with Crippen LogP contribution in [-0.2, 0) is 10.8 Å². The summed E-state index contributed by atoms with van der Waals surface area (Å²) in [5.41, 5.74) is 7.66. The zero-order valence-corrected chi connectivity index (χ0v) is 34.4. The minimum atomic E-state index is -0.662. The zero-order chi connectivity index (χ0) is 49.4. The fourth-order valence-corrected chi connectivity index (χ4v) is 7.59. The molecule has 0 aliphatic carbocycles. The second-order valence-electron chi connectivity index (χ2n) is 17.0. The molecule has 7 aromatic carbocycles. The number of pyridine rings is 1. The number of nitrogens with zero attached hydrogens (tertiary/aromatic N) is 3. The average molecular weight is 789 g/mol. The van der Waals surface area contributed by atoms with E-state index in [2.05, 4.69) is 57.2 Å². The van der Waals surface area contributed by atoms with Gasteiger partial charge in [-0.25, -0.2) is 4.98 Å². The topological polar surface area (TPSA) is 50.9 Å². The van der Waals surface area contributed by atoms with E-state index >= 15 is 0 Å². The monoisotopic (exact) mass is 788 g/mol. The van der Waals surface area contributed by atoms with Gasteiger partial charge in [0.25, 0.3) is 0 Å². The lowest BCUT2D eigenvalue weighted by molar-refractivity contribution is 0.446. The lowest BCUT2D eigenvalue weighted by atomic mass is 9.79. The second kappa shape index (κ2) is 15.3. The van der Waals surface area contributed by atoms with E-state index in [1.54, 1.807) is 16.8 Å². The highest BCUT2D eigenvalue weighted by atomic mass is 16.3. The van der Waals surface area contributed by atoms with Crippen molar-refractivity contribution in [3.05, 3.63) is 193 Å². The van der Waals surface area contributed by atoms with E-state index in [-0.39, 0.29) is 17.3 Å². The van der Waals surface area contributed by atoms with Gasteiger partial charge in [0.2, 0.25) is 0 Å². The SMILES string of the molecule is [2H]c1c([2H])c([2H])c(-c2c([2H])c([2H])c(-n3c(-c4cc(C(C)(C)C)cc(C(C)(C)C)c4O)nc4c(-c5cc(-c6ccccc6)cc(-c6cc(-c7ccccc7)ccn6)c5)cccc43)c([2H])c2[2H])c([2H])c1[2H]. The van der Waals surface area contributed by atoms with Crippen LogP contribution in [0.5, 0.6) is 5.75 Å². The van der Waals surface area contributed by atoms with Crippen LogP contribution in [0.15, 0.2) is 182 Å². The third-order valence-electron chi connectivity index (χ3n) is 10.8. The highest BCUT2D eigenvalue weighted by molar-refractivity contribution is 5.98. The normalized spacial score (nSPS) is 14.0. The smallest absolute Gasteiger partial charge is 0.149 e. The van der Waals surface area contributed by atoms with Crippen molar-refractivity contribution in [3.63, 3.8) is 0 Å². The molecule has 9 rings (SSSR count). The predicted octanol–water partition coefficient (Wildman–Crippen LogP) is 14.7. The van der Waals surface area contributed by atoms with Gasteiger partial charge >= 0.3 is 0 Å². The summed E-state index contributed by atoms with van der Waals surface area (Å²) in [6, 6.07) is 34.2. The molecule has 0 spiro atoms. The first-order valence-corrected chi connectivity index (χ1v) is 20.0. The van der Waals surface area contributed by atoms with E-state index in [1.165, 1.54) is 0 Å². The molecule has 4 nitrogen and oxygen atoms in total. The van der Waals surface area contributed by atoms with Crippen molar-refractivity contribution in [1.29, 1.82) is 0 Å². The maximum absolute atomic E-state index is 12.4. The van der Waals surface area contributed by atoms with Crippen molar-refractivity contribution in [3.8, 4) is 78.6 Å². The summed E-state index contributed by atoms with van der Waals surface area (Å²) in [7, 11) is 0. The number of hydrogen-bond donors (Lipinski definition) is 1. The number of rotatable bonds is 7. The van der Waals surface area contributed by atoms with Crippen LogP contribution in [0.3, 0.4) is 0 Å². The van der Waals surface area contributed by atoms with Gasteiger partial charge in [-0.2, -0.15) is 0 Å². The van der Waals surface area contributed by atoms with Gasteiger partial charge in [-0.15, -0.1) is 0 Å². The van der Waals surface area contributed by atoms with Crippen molar-refractivity contribution in [2.24, 2.45) is 0 Å². The fourth-order valence-electron chi connectivity index (χ4n) is 7.59. The van der Waals surface area contributed by atoms with Gasteiger partial charge < -0.3 is 5.11 Å². The quantitative estimate of drug-likeness (QED) is 0.175. The first kappa shape index (κ1) is 29.2. The lowest BCUT2D eigenvalue weighted by Gasteiger charge is -2.27. The first-order valence-electron chi connectivity index (χ1n) is 24.5. The molecular weight excluding hydrogens is 731 g/mol. The third-order valence-corrected chi connectivity index (χ3v) is 10.8. The molecule has 0 bridgehead atoms. The number of imidazole rings is 1. The van der Waals surface area contributed by atoms with Gasteiger partial charge in [-0.05, 0) is 110 Å². The van der Waals surface area contributed by atoms with Gasteiger partial charge in [0, 0.05) is 28.6 Å². The Morgan fingerprint density at radius 2 is 1.15 bits per heavy atom. The molecule has 0 aliphatic rings. The molecular formula is C56H49N3O. The minimum Gasteiger partial charge on any atom is -0.507 e. The number of hydrogen-bond acceptors (Lipinski definition) is 3. The van der Waals surface area contributed by atoms with Crippen LogP contribution in [0, 0.1) is 0 Å². The zero-order valence-electron chi connectivity index (χ0n) is 43.4. The van der Waals surface area contributed by atoms with Crippen molar-refractivity contribution in [1.82, 2.24) is 14.5 Å². The Morgan fingerprint density at radius 3 is 1.82 bits per heavy atom. The van der Waals surface area contributed by atoms with Crippen LogP contribution in [0.25, 0.3) is 83.9 Å². The van der Waals surface area contributed by atoms with Gasteiger partial charge in [0.1, 0.15) is 11.6 Å². The van der Waals surface area contributed by atoms with E-state index in [1.807, 2.05) is 99.6 Å². The molecule has 294 valence electrons. The number of phenols is 1. The van der Waals surface area contributed by atoms with E-state index < -0.39 is 76.3 Å². The average Bonchev–Trinajstić information content (AvgIpc) is 3.72. The Bertz CT molecular complexity index is 3460. The van der Waals surface area contributed by atoms with Gasteiger partial charge in [0.05, 0.1) is 34.6 Å². The van der Waals surface area contributed by atoms with Crippen LogP contribution in [-0.4, -0.2) is 19.6 Å². The number of aromatic nitrogens is 3. The Labute approximate surface area is 366 Å². The van der Waals surface area contributed by atoms with E-state index in [0.29, 0.717) is 27.7 Å². The van der Waals surface area contributed by atoms with Crippen LogP contribution in [0.2, 0.25) is 0 Å². The number of phenolic OH excluding ortho intramolecular Hbond substituents is 1. The number of aromatic hydroxyl groups is 1. The lowest BCUT2D eigenvalue weighted by Crippen LogP contribution is -2.17. The van der Waals surface area contributed by atoms with Crippen LogP contribution < -0.4 is 0 Å². The van der Waals surface area contributed by atoms with E-state index in [9.17, 15) is 10.6 Å². The van der Waals surface area contributed by atoms with E-state index in [4.69, 9.17) is 16.8 Å². The molecule has 0 amide bonds. The van der Waals surface area contributed by atoms with Crippen molar-refractivity contribution in [2.75, 3.05) is 0 Å². The molecule has 1 N–H and O–H groups in total. The van der Waals surface area contributed by atoms with E-state index in [0.717, 1.165) is 44.6 Å². The van der Waals surface area contributed by atoms with Crippen molar-refractivity contribution in [2.45, 2.75) is 52.4 Å². The molecule has 0 fully saturated rings. The molecule has 9 aromatic rings. The summed E-state index contributed by atoms with van der Waals surface area (Å²) in [6.07, 6.45) is 1.80. The molecule has 0 atom stereocenters. The summed E-state index contributed by atoms with van der Waals surface area (Å²) in [4.78, 5) is 10.2. The summed E-state index contributed by atoms with van der Waals surface area (Å²) in [5, 5.41) is 12.4.